The van der Waals surface area contributed by atoms with Gasteiger partial charge in [-0.3, -0.25) is 0 Å². The van der Waals surface area contributed by atoms with Gasteiger partial charge in [0, 0.05) is 36.0 Å². The van der Waals surface area contributed by atoms with Crippen molar-refractivity contribution in [1.29, 1.82) is 0 Å². The van der Waals surface area contributed by atoms with Crippen LogP contribution in [0, 0.1) is 5.92 Å². The van der Waals surface area contributed by atoms with Crippen molar-refractivity contribution >= 4 is 22.9 Å². The molecule has 1 aliphatic heterocycles. The molecule has 0 unspecified atom stereocenters. The van der Waals surface area contributed by atoms with Gasteiger partial charge in [0.2, 0.25) is 0 Å². The number of rotatable bonds is 4. The largest absolute Gasteiger partial charge is 0.248 e. The number of hydrogen-bond donors (Lipinski definition) is 0. The predicted molar refractivity (Wildman–Crippen MR) is 62.5 cm³/mol. The molecule has 0 N–H and O–H groups in total. The Morgan fingerprint density at radius 2 is 1.92 bits per heavy atom. The molecular weight excluding hydrogens is 261 g/mol. The summed E-state index contributed by atoms with van der Waals surface area (Å²) < 4.78 is 2.42. The Bertz CT molecular complexity index is 108. The van der Waals surface area contributed by atoms with Gasteiger partial charge < -0.3 is 0 Å². The van der Waals surface area contributed by atoms with E-state index in [1.807, 2.05) is 0 Å². The van der Waals surface area contributed by atoms with Crippen LogP contribution in [-0.4, -0.2) is 16.2 Å². The molecule has 1 heterocycles. The van der Waals surface area contributed by atoms with Gasteiger partial charge in [0.15, 0.2) is 0 Å². The van der Waals surface area contributed by atoms with Gasteiger partial charge in [0.1, 0.15) is 0 Å². The third-order valence-corrected chi connectivity index (χ3v) is 3.74. The van der Waals surface area contributed by atoms with Crippen molar-refractivity contribution in [1.82, 2.24) is 3.11 Å². The third-order valence-electron chi connectivity index (χ3n) is 2.78. The van der Waals surface area contributed by atoms with Crippen molar-refractivity contribution in [3.05, 3.63) is 0 Å². The van der Waals surface area contributed by atoms with Crippen LogP contribution in [0.15, 0.2) is 0 Å². The number of nitrogens with zero attached hydrogens (tertiary/aromatic N) is 1. The highest BCUT2D eigenvalue weighted by Gasteiger charge is 2.16. The van der Waals surface area contributed by atoms with E-state index in [9.17, 15) is 0 Å². The number of halogens is 1. The van der Waals surface area contributed by atoms with Crippen molar-refractivity contribution in [3.63, 3.8) is 0 Å². The van der Waals surface area contributed by atoms with Gasteiger partial charge in [-0.15, -0.1) is 0 Å². The molecule has 1 fully saturated rings. The second kappa shape index (κ2) is 6.19. The summed E-state index contributed by atoms with van der Waals surface area (Å²) >= 11 is 2.45. The molecule has 0 saturated carbocycles. The minimum Gasteiger partial charge on any atom is -0.248 e. The Kier molecular flexibility index (Phi) is 5.56. The number of hydrogen-bond acceptors (Lipinski definition) is 1. The normalized spacial score (nSPS) is 21.5. The van der Waals surface area contributed by atoms with Crippen LogP contribution in [0.25, 0.3) is 0 Å². The molecule has 12 heavy (non-hydrogen) atoms. The average Bonchev–Trinajstić information content (AvgIpc) is 2.09. The maximum Gasteiger partial charge on any atom is 0.0201 e. The van der Waals surface area contributed by atoms with E-state index >= 15 is 0 Å². The number of unbranched alkanes of at least 4 members (excludes halogenated alkanes) is 2. The molecule has 0 bridgehead atoms. The fraction of sp³-hybridized carbons (Fsp3) is 1.00. The fourth-order valence-electron chi connectivity index (χ4n) is 1.87. The van der Waals surface area contributed by atoms with Crippen LogP contribution in [0.5, 0.6) is 0 Å². The Morgan fingerprint density at radius 1 is 1.25 bits per heavy atom. The molecule has 0 aromatic rings. The first-order valence-corrected chi connectivity index (χ1v) is 6.20. The van der Waals surface area contributed by atoms with E-state index in [0.717, 1.165) is 5.92 Å². The summed E-state index contributed by atoms with van der Waals surface area (Å²) in [5, 5.41) is 0. The summed E-state index contributed by atoms with van der Waals surface area (Å²) in [6, 6.07) is 0. The topological polar surface area (TPSA) is 3.24 Å². The SMILES string of the molecule is CCCCCC1CCN(I)CC1. The molecule has 2 heteroatoms. The second-order valence-electron chi connectivity index (χ2n) is 3.85. The molecule has 1 rings (SSSR count). The lowest BCUT2D eigenvalue weighted by Gasteiger charge is -2.27. The van der Waals surface area contributed by atoms with Crippen LogP contribution >= 0.6 is 22.9 Å². The highest BCUT2D eigenvalue weighted by Crippen LogP contribution is 2.24. The zero-order valence-corrected chi connectivity index (χ0v) is 10.2. The van der Waals surface area contributed by atoms with Crippen molar-refractivity contribution in [2.75, 3.05) is 13.1 Å². The summed E-state index contributed by atoms with van der Waals surface area (Å²) in [6.07, 6.45) is 8.62. The molecular formula is C10H20IN. The Labute approximate surface area is 90.4 Å². The predicted octanol–water partition coefficient (Wildman–Crippen LogP) is 3.63. The molecule has 0 spiro atoms. The zero-order chi connectivity index (χ0) is 8.81. The lowest BCUT2D eigenvalue weighted by Crippen LogP contribution is -2.25. The van der Waals surface area contributed by atoms with Gasteiger partial charge in [0.05, 0.1) is 0 Å². The molecule has 0 aromatic heterocycles. The smallest absolute Gasteiger partial charge is 0.0201 e. The van der Waals surface area contributed by atoms with Gasteiger partial charge in [-0.2, -0.15) is 0 Å². The van der Waals surface area contributed by atoms with Crippen molar-refractivity contribution in [3.8, 4) is 0 Å². The average molecular weight is 281 g/mol. The van der Waals surface area contributed by atoms with E-state index in [1.54, 1.807) is 0 Å². The Morgan fingerprint density at radius 3 is 2.50 bits per heavy atom. The third kappa shape index (κ3) is 4.08. The minimum atomic E-state index is 1.04. The van der Waals surface area contributed by atoms with Crippen molar-refractivity contribution in [2.24, 2.45) is 5.92 Å². The highest BCUT2D eigenvalue weighted by atomic mass is 127. The van der Waals surface area contributed by atoms with Gasteiger partial charge in [0.25, 0.3) is 0 Å². The van der Waals surface area contributed by atoms with Gasteiger partial charge in [-0.25, -0.2) is 3.11 Å². The molecule has 0 radical (unpaired) electrons. The zero-order valence-electron chi connectivity index (χ0n) is 8.06. The first-order valence-electron chi connectivity index (χ1n) is 5.23. The quantitative estimate of drug-likeness (QED) is 0.432. The van der Waals surface area contributed by atoms with Crippen LogP contribution in [0.4, 0.5) is 0 Å². The summed E-state index contributed by atoms with van der Waals surface area (Å²) in [7, 11) is 0. The molecule has 1 aliphatic rings. The maximum atomic E-state index is 2.45. The Balaban J connectivity index is 2.01. The molecule has 72 valence electrons. The van der Waals surface area contributed by atoms with Crippen LogP contribution in [-0.2, 0) is 0 Å². The van der Waals surface area contributed by atoms with E-state index in [0.29, 0.717) is 0 Å². The van der Waals surface area contributed by atoms with Crippen LogP contribution in [0.2, 0.25) is 0 Å². The van der Waals surface area contributed by atoms with Gasteiger partial charge in [-0.05, 0) is 18.8 Å². The first kappa shape index (κ1) is 10.8. The maximum absolute atomic E-state index is 2.45. The molecule has 1 nitrogen and oxygen atoms in total. The van der Waals surface area contributed by atoms with Gasteiger partial charge >= 0.3 is 0 Å². The van der Waals surface area contributed by atoms with E-state index in [-0.39, 0.29) is 0 Å². The van der Waals surface area contributed by atoms with E-state index in [4.69, 9.17) is 0 Å². The minimum absolute atomic E-state index is 1.04. The van der Waals surface area contributed by atoms with Crippen LogP contribution < -0.4 is 0 Å². The molecule has 0 amide bonds. The van der Waals surface area contributed by atoms with Crippen molar-refractivity contribution in [2.45, 2.75) is 45.4 Å². The Hall–Kier alpha value is 0.690. The summed E-state index contributed by atoms with van der Waals surface area (Å²) in [5.74, 6) is 1.04. The standard InChI is InChI=1S/C10H20IN/c1-2-3-4-5-10-6-8-12(11)9-7-10/h10H,2-9H2,1H3. The summed E-state index contributed by atoms with van der Waals surface area (Å²) in [4.78, 5) is 0. The van der Waals surface area contributed by atoms with Crippen molar-refractivity contribution < 1.29 is 0 Å². The molecule has 0 aromatic carbocycles. The monoisotopic (exact) mass is 281 g/mol. The lowest BCUT2D eigenvalue weighted by molar-refractivity contribution is 0.289. The second-order valence-corrected chi connectivity index (χ2v) is 5.21. The lowest BCUT2D eigenvalue weighted by atomic mass is 9.92. The highest BCUT2D eigenvalue weighted by molar-refractivity contribution is 14.1. The summed E-state index contributed by atoms with van der Waals surface area (Å²) in [6.45, 7) is 4.92. The first-order chi connectivity index (χ1) is 5.83. The van der Waals surface area contributed by atoms with E-state index in [1.165, 1.54) is 51.6 Å². The molecule has 1 saturated heterocycles. The van der Waals surface area contributed by atoms with E-state index < -0.39 is 0 Å². The van der Waals surface area contributed by atoms with E-state index in [2.05, 4.69) is 32.9 Å². The molecule has 0 aliphatic carbocycles. The summed E-state index contributed by atoms with van der Waals surface area (Å²) in [5.41, 5.74) is 0. The molecule has 0 atom stereocenters. The van der Waals surface area contributed by atoms with Crippen LogP contribution in [0.1, 0.15) is 45.4 Å². The number of piperidine rings is 1. The fourth-order valence-corrected chi connectivity index (χ4v) is 2.43. The van der Waals surface area contributed by atoms with Crippen LogP contribution in [0.3, 0.4) is 0 Å². The van der Waals surface area contributed by atoms with Gasteiger partial charge in [-0.1, -0.05) is 32.6 Å².